The first kappa shape index (κ1) is 23.1. The molecule has 22 heavy (non-hydrogen) atoms. The first-order valence-corrected chi connectivity index (χ1v) is 7.61. The largest absolute Gasteiger partial charge is 0.481 e. The molecular formula is C15H28ClNO5. The van der Waals surface area contributed by atoms with Crippen LogP contribution in [0.5, 0.6) is 0 Å². The number of carboxylic acids is 1. The Hall–Kier alpha value is -1.14. The van der Waals surface area contributed by atoms with Crippen LogP contribution in [0.1, 0.15) is 58.3 Å². The molecule has 0 aliphatic heterocycles. The molecule has 0 aromatic rings. The monoisotopic (exact) mass is 337 g/mol. The summed E-state index contributed by atoms with van der Waals surface area (Å²) < 4.78 is 5.00. The van der Waals surface area contributed by atoms with Crippen molar-refractivity contribution in [1.82, 2.24) is 0 Å². The molecule has 0 rings (SSSR count). The van der Waals surface area contributed by atoms with E-state index in [9.17, 15) is 14.4 Å². The van der Waals surface area contributed by atoms with Crippen LogP contribution in [0.2, 0.25) is 0 Å². The fourth-order valence-corrected chi connectivity index (χ4v) is 1.93. The van der Waals surface area contributed by atoms with Gasteiger partial charge in [0.05, 0.1) is 19.1 Å². The molecule has 0 amide bonds. The van der Waals surface area contributed by atoms with E-state index < -0.39 is 11.9 Å². The molecule has 0 spiro atoms. The van der Waals surface area contributed by atoms with E-state index in [-0.39, 0.29) is 50.2 Å². The van der Waals surface area contributed by atoms with Gasteiger partial charge in [-0.05, 0) is 12.8 Å². The van der Waals surface area contributed by atoms with E-state index in [0.717, 1.165) is 25.7 Å². The Morgan fingerprint density at radius 3 is 2.32 bits per heavy atom. The molecule has 7 heteroatoms. The van der Waals surface area contributed by atoms with Crippen molar-refractivity contribution in [3.05, 3.63) is 0 Å². The van der Waals surface area contributed by atoms with Crippen molar-refractivity contribution in [3.8, 4) is 0 Å². The topological polar surface area (TPSA) is 107 Å². The molecule has 0 bridgehead atoms. The van der Waals surface area contributed by atoms with Crippen LogP contribution in [0, 0.1) is 5.92 Å². The van der Waals surface area contributed by atoms with Gasteiger partial charge in [-0.1, -0.05) is 32.6 Å². The number of rotatable bonds is 13. The van der Waals surface area contributed by atoms with Crippen LogP contribution in [0.25, 0.3) is 0 Å². The number of halogens is 1. The highest BCUT2D eigenvalue weighted by atomic mass is 35.5. The molecule has 6 nitrogen and oxygen atoms in total. The maximum absolute atomic E-state index is 11.4. The molecular weight excluding hydrogens is 310 g/mol. The van der Waals surface area contributed by atoms with Crippen molar-refractivity contribution in [2.24, 2.45) is 11.7 Å². The zero-order valence-corrected chi connectivity index (χ0v) is 14.0. The number of hydrogen-bond acceptors (Lipinski definition) is 5. The van der Waals surface area contributed by atoms with Gasteiger partial charge in [-0.2, -0.15) is 0 Å². The molecule has 3 N–H and O–H groups in total. The van der Waals surface area contributed by atoms with Crippen LogP contribution in [0.15, 0.2) is 0 Å². The van der Waals surface area contributed by atoms with Gasteiger partial charge in [-0.25, -0.2) is 0 Å². The highest BCUT2D eigenvalue weighted by Crippen LogP contribution is 2.11. The van der Waals surface area contributed by atoms with E-state index >= 15 is 0 Å². The number of Topliss-reactive ketones (excluding diaryl/α,β-unsaturated/α-hetero) is 1. The summed E-state index contributed by atoms with van der Waals surface area (Å²) >= 11 is 0. The molecule has 1 unspecified atom stereocenters. The van der Waals surface area contributed by atoms with Crippen LogP contribution < -0.4 is 5.73 Å². The number of nitrogens with two attached hydrogens (primary N) is 1. The van der Waals surface area contributed by atoms with Gasteiger partial charge >= 0.3 is 11.9 Å². The second-order valence-corrected chi connectivity index (χ2v) is 5.16. The highest BCUT2D eigenvalue weighted by Gasteiger charge is 2.20. The van der Waals surface area contributed by atoms with E-state index in [0.29, 0.717) is 6.42 Å². The first-order chi connectivity index (χ1) is 10.0. The van der Waals surface area contributed by atoms with Crippen LogP contribution in [-0.2, 0) is 19.1 Å². The number of unbranched alkanes of at least 4 members (excludes halogenated alkanes) is 4. The average molecular weight is 338 g/mol. The Labute approximate surface area is 138 Å². The normalized spacial score (nSPS) is 11.4. The summed E-state index contributed by atoms with van der Waals surface area (Å²) in [6.45, 7) is 1.99. The van der Waals surface area contributed by atoms with Crippen molar-refractivity contribution < 1.29 is 24.2 Å². The van der Waals surface area contributed by atoms with E-state index in [4.69, 9.17) is 15.6 Å². The number of aliphatic carboxylic acids is 1. The molecule has 0 aliphatic rings. The fraction of sp³-hybridized carbons (Fsp3) is 0.800. The molecule has 1 atom stereocenters. The lowest BCUT2D eigenvalue weighted by atomic mass is 9.99. The molecule has 130 valence electrons. The number of esters is 1. The smallest absolute Gasteiger partial charge is 0.307 e. The zero-order chi connectivity index (χ0) is 16.1. The van der Waals surface area contributed by atoms with Crippen LogP contribution in [0.4, 0.5) is 0 Å². The maximum atomic E-state index is 11.4. The number of hydrogen-bond donors (Lipinski definition) is 2. The molecule has 0 aromatic heterocycles. The number of carbonyl (C=O) groups is 3. The van der Waals surface area contributed by atoms with Crippen molar-refractivity contribution in [3.63, 3.8) is 0 Å². The second kappa shape index (κ2) is 14.8. The number of carbonyl (C=O) groups excluding carboxylic acids is 2. The minimum Gasteiger partial charge on any atom is -0.481 e. The van der Waals surface area contributed by atoms with Crippen molar-refractivity contribution >= 4 is 30.1 Å². The standard InChI is InChI=1S/C15H27NO5.ClH/c1-2-3-4-5-6-7-14(18)21-9-8-12(15(19)20)10-13(17)11-16;/h12H,2-11,16H2,1H3,(H,19,20);1H. The predicted molar refractivity (Wildman–Crippen MR) is 86.0 cm³/mol. The fourth-order valence-electron chi connectivity index (χ4n) is 1.93. The van der Waals surface area contributed by atoms with Crippen molar-refractivity contribution in [2.45, 2.75) is 58.3 Å². The third-order valence-electron chi connectivity index (χ3n) is 3.26. The van der Waals surface area contributed by atoms with Gasteiger partial charge in [0.2, 0.25) is 0 Å². The van der Waals surface area contributed by atoms with Crippen LogP contribution in [-0.4, -0.2) is 36.0 Å². The Balaban J connectivity index is 0. The first-order valence-electron chi connectivity index (χ1n) is 7.61. The van der Waals surface area contributed by atoms with Gasteiger partial charge in [0.1, 0.15) is 5.78 Å². The van der Waals surface area contributed by atoms with E-state index in [1.165, 1.54) is 6.42 Å². The summed E-state index contributed by atoms with van der Waals surface area (Å²) in [5, 5.41) is 8.97. The molecule has 0 heterocycles. The number of carboxylic acid groups (broad SMARTS) is 1. The summed E-state index contributed by atoms with van der Waals surface area (Å²) in [5.74, 6) is -2.50. The lowest BCUT2D eigenvalue weighted by molar-refractivity contribution is -0.148. The Kier molecular flexibility index (Phi) is 15.5. The molecule has 0 radical (unpaired) electrons. The third-order valence-corrected chi connectivity index (χ3v) is 3.26. The van der Waals surface area contributed by atoms with E-state index in [2.05, 4.69) is 6.92 Å². The summed E-state index contributed by atoms with van der Waals surface area (Å²) in [4.78, 5) is 33.6. The van der Waals surface area contributed by atoms with Gasteiger partial charge in [-0.3, -0.25) is 14.4 Å². The minimum atomic E-state index is -1.06. The Morgan fingerprint density at radius 2 is 1.77 bits per heavy atom. The van der Waals surface area contributed by atoms with Crippen molar-refractivity contribution in [1.29, 1.82) is 0 Å². The van der Waals surface area contributed by atoms with E-state index in [1.54, 1.807) is 0 Å². The van der Waals surface area contributed by atoms with Gasteiger partial charge < -0.3 is 15.6 Å². The number of ketones is 1. The van der Waals surface area contributed by atoms with Crippen LogP contribution in [0.3, 0.4) is 0 Å². The zero-order valence-electron chi connectivity index (χ0n) is 13.2. The van der Waals surface area contributed by atoms with Gasteiger partial charge in [-0.15, -0.1) is 12.4 Å². The Bertz CT molecular complexity index is 336. The molecule has 0 saturated carbocycles. The van der Waals surface area contributed by atoms with Gasteiger partial charge in [0.15, 0.2) is 0 Å². The molecule has 0 aromatic carbocycles. The lowest BCUT2D eigenvalue weighted by Crippen LogP contribution is -2.24. The van der Waals surface area contributed by atoms with Crippen LogP contribution >= 0.6 is 12.4 Å². The SMILES string of the molecule is CCCCCCCC(=O)OCCC(CC(=O)CN)C(=O)O.Cl. The number of ether oxygens (including phenoxy) is 1. The second-order valence-electron chi connectivity index (χ2n) is 5.16. The highest BCUT2D eigenvalue weighted by molar-refractivity contribution is 5.85. The van der Waals surface area contributed by atoms with E-state index in [1.807, 2.05) is 0 Å². The summed E-state index contributed by atoms with van der Waals surface area (Å²) in [7, 11) is 0. The van der Waals surface area contributed by atoms with Gasteiger partial charge in [0, 0.05) is 12.8 Å². The third kappa shape index (κ3) is 12.6. The molecule has 0 aliphatic carbocycles. The summed E-state index contributed by atoms with van der Waals surface area (Å²) in [6.07, 6.45) is 5.64. The van der Waals surface area contributed by atoms with Crippen molar-refractivity contribution in [2.75, 3.05) is 13.2 Å². The predicted octanol–water partition coefficient (Wildman–Crippen LogP) is 2.32. The molecule has 0 saturated heterocycles. The summed E-state index contributed by atoms with van der Waals surface area (Å²) in [5.41, 5.74) is 5.16. The summed E-state index contributed by atoms with van der Waals surface area (Å²) in [6, 6.07) is 0. The maximum Gasteiger partial charge on any atom is 0.307 e. The Morgan fingerprint density at radius 1 is 1.14 bits per heavy atom. The average Bonchev–Trinajstić information content (AvgIpc) is 2.45. The quantitative estimate of drug-likeness (QED) is 0.394. The minimum absolute atomic E-state index is 0. The lowest BCUT2D eigenvalue weighted by Gasteiger charge is -2.11. The molecule has 0 fully saturated rings. The van der Waals surface area contributed by atoms with Gasteiger partial charge in [0.25, 0.3) is 0 Å².